The van der Waals surface area contributed by atoms with E-state index in [0.29, 0.717) is 0 Å². The molecule has 2 nitrogen and oxygen atoms in total. The second-order valence-electron chi connectivity index (χ2n) is 1.37. The maximum atomic E-state index is 10.5. The average Bonchev–Trinajstić information content (AvgIpc) is 1.59. The van der Waals surface area contributed by atoms with E-state index < -0.39 is 9.95 Å². The number of ether oxygens (including phenoxy) is 1. The second kappa shape index (κ2) is 4.06. The van der Waals surface area contributed by atoms with E-state index in [0.717, 1.165) is 6.08 Å². The van der Waals surface area contributed by atoms with E-state index in [1.807, 2.05) is 0 Å². The average molecular weight is 203 g/mol. The number of alkyl halides is 3. The van der Waals surface area contributed by atoms with Crippen LogP contribution in [0.3, 0.4) is 0 Å². The minimum absolute atomic E-state index is 0.678. The van der Waals surface area contributed by atoms with Crippen molar-refractivity contribution >= 4 is 40.8 Å². The Kier molecular flexibility index (Phi) is 4.09. The fourth-order valence-electron chi connectivity index (χ4n) is 0.284. The first-order chi connectivity index (χ1) is 4.45. The van der Waals surface area contributed by atoms with Crippen molar-refractivity contribution in [2.45, 2.75) is 10.9 Å². The second-order valence-corrected chi connectivity index (χ2v) is 3.54. The Balaban J connectivity index is 3.81. The van der Waals surface area contributed by atoms with Gasteiger partial charge in [0.15, 0.2) is 0 Å². The van der Waals surface area contributed by atoms with Crippen LogP contribution in [0, 0.1) is 0 Å². The summed E-state index contributed by atoms with van der Waals surface area (Å²) in [5.74, 6) is -0.678. The van der Waals surface area contributed by atoms with Gasteiger partial charge in [-0.25, -0.2) is 4.79 Å². The summed E-state index contributed by atoms with van der Waals surface area (Å²) in [4.78, 5) is 10.5. The standard InChI is InChI=1S/C5H5Cl3O2/c1-2-3-4(9)10-5(6,7)8/h2-3H,1H3/b3-2+. The molecule has 0 spiro atoms. The molecular formula is C5H5Cl3O2. The molecule has 0 rings (SSSR count). The quantitative estimate of drug-likeness (QED) is 0.372. The summed E-state index contributed by atoms with van der Waals surface area (Å²) < 4.78 is 2.29. The molecule has 0 saturated heterocycles. The Hall–Kier alpha value is 0.0800. The van der Waals surface area contributed by atoms with Gasteiger partial charge in [-0.3, -0.25) is 0 Å². The smallest absolute Gasteiger partial charge is 0.341 e. The van der Waals surface area contributed by atoms with Gasteiger partial charge < -0.3 is 4.74 Å². The van der Waals surface area contributed by atoms with E-state index in [9.17, 15) is 4.79 Å². The largest absolute Gasteiger partial charge is 0.411 e. The third-order valence-electron chi connectivity index (χ3n) is 0.519. The first-order valence-electron chi connectivity index (χ1n) is 2.38. The Labute approximate surface area is 73.7 Å². The van der Waals surface area contributed by atoms with Crippen LogP contribution < -0.4 is 0 Å². The molecule has 0 fully saturated rings. The molecule has 0 bridgehead atoms. The molecule has 0 aliphatic heterocycles. The minimum Gasteiger partial charge on any atom is -0.411 e. The fourth-order valence-corrected chi connectivity index (χ4v) is 0.512. The third-order valence-corrected chi connectivity index (χ3v) is 0.751. The van der Waals surface area contributed by atoms with Crippen molar-refractivity contribution in [2.24, 2.45) is 0 Å². The van der Waals surface area contributed by atoms with Gasteiger partial charge >= 0.3 is 9.95 Å². The lowest BCUT2D eigenvalue weighted by molar-refractivity contribution is -0.138. The summed E-state index contributed by atoms with van der Waals surface area (Å²) in [6.07, 6.45) is 2.64. The van der Waals surface area contributed by atoms with Gasteiger partial charge in [0.2, 0.25) is 0 Å². The summed E-state index contributed by atoms with van der Waals surface area (Å²) in [6, 6.07) is 0. The maximum absolute atomic E-state index is 10.5. The van der Waals surface area contributed by atoms with E-state index in [1.165, 1.54) is 6.08 Å². The molecule has 0 aliphatic carbocycles. The van der Waals surface area contributed by atoms with Crippen molar-refractivity contribution in [1.29, 1.82) is 0 Å². The molecule has 0 aromatic carbocycles. The highest BCUT2D eigenvalue weighted by atomic mass is 35.6. The number of allylic oxidation sites excluding steroid dienone is 1. The highest BCUT2D eigenvalue weighted by molar-refractivity contribution is 6.66. The van der Waals surface area contributed by atoms with Crippen LogP contribution >= 0.6 is 34.8 Å². The van der Waals surface area contributed by atoms with Crippen molar-refractivity contribution in [3.8, 4) is 0 Å². The summed E-state index contributed by atoms with van der Waals surface area (Å²) >= 11 is 15.4. The van der Waals surface area contributed by atoms with E-state index in [-0.39, 0.29) is 0 Å². The molecule has 0 radical (unpaired) electrons. The molecule has 0 aliphatic rings. The monoisotopic (exact) mass is 202 g/mol. The number of carbonyl (C=O) groups is 1. The number of hydrogen-bond donors (Lipinski definition) is 0. The van der Waals surface area contributed by atoms with Crippen molar-refractivity contribution in [3.05, 3.63) is 12.2 Å². The summed E-state index contributed by atoms with van der Waals surface area (Å²) in [7, 11) is 0. The van der Waals surface area contributed by atoms with E-state index >= 15 is 0 Å². The number of halogens is 3. The molecule has 0 aromatic rings. The summed E-state index contributed by atoms with van der Waals surface area (Å²) in [5, 5.41) is 0. The molecule has 0 atom stereocenters. The Morgan fingerprint density at radius 1 is 1.50 bits per heavy atom. The topological polar surface area (TPSA) is 26.3 Å². The van der Waals surface area contributed by atoms with E-state index in [4.69, 9.17) is 34.8 Å². The summed E-state index contributed by atoms with van der Waals surface area (Å²) in [6.45, 7) is 1.65. The van der Waals surface area contributed by atoms with Crippen molar-refractivity contribution in [1.82, 2.24) is 0 Å². The molecule has 0 N–H and O–H groups in total. The van der Waals surface area contributed by atoms with Crippen LogP contribution in [0.15, 0.2) is 12.2 Å². The van der Waals surface area contributed by atoms with Crippen molar-refractivity contribution in [2.75, 3.05) is 0 Å². The third kappa shape index (κ3) is 6.20. The van der Waals surface area contributed by atoms with Gasteiger partial charge in [-0.2, -0.15) is 0 Å². The Morgan fingerprint density at radius 3 is 2.30 bits per heavy atom. The Bertz CT molecular complexity index is 147. The van der Waals surface area contributed by atoms with Crippen LogP contribution in [-0.2, 0) is 9.53 Å². The van der Waals surface area contributed by atoms with Gasteiger partial charge in [0.25, 0.3) is 0 Å². The minimum atomic E-state index is -1.96. The molecule has 0 aromatic heterocycles. The fraction of sp³-hybridized carbons (Fsp3) is 0.400. The highest BCUT2D eigenvalue weighted by Gasteiger charge is 2.23. The first-order valence-corrected chi connectivity index (χ1v) is 3.51. The number of rotatable bonds is 1. The van der Waals surface area contributed by atoms with E-state index in [2.05, 4.69) is 4.74 Å². The van der Waals surface area contributed by atoms with Crippen molar-refractivity contribution < 1.29 is 9.53 Å². The molecule has 0 heterocycles. The van der Waals surface area contributed by atoms with Crippen LogP contribution in [0.1, 0.15) is 6.92 Å². The Morgan fingerprint density at radius 2 is 2.00 bits per heavy atom. The van der Waals surface area contributed by atoms with Crippen LogP contribution in [-0.4, -0.2) is 9.95 Å². The van der Waals surface area contributed by atoms with Gasteiger partial charge in [0.1, 0.15) is 0 Å². The zero-order valence-corrected chi connectivity index (χ0v) is 7.37. The maximum Gasteiger partial charge on any atom is 0.341 e. The molecular weight excluding hydrogens is 198 g/mol. The van der Waals surface area contributed by atoms with Crippen molar-refractivity contribution in [3.63, 3.8) is 0 Å². The molecule has 0 unspecified atom stereocenters. The predicted octanol–water partition coefficient (Wildman–Crippen LogP) is 2.43. The van der Waals surface area contributed by atoms with Gasteiger partial charge in [-0.15, -0.1) is 0 Å². The molecule has 0 saturated carbocycles. The van der Waals surface area contributed by atoms with Gasteiger partial charge in [0, 0.05) is 6.08 Å². The normalized spacial score (nSPS) is 12.0. The zero-order chi connectivity index (χ0) is 8.20. The zero-order valence-electron chi connectivity index (χ0n) is 5.11. The van der Waals surface area contributed by atoms with Crippen LogP contribution in [0.5, 0.6) is 0 Å². The number of carbonyl (C=O) groups excluding carboxylic acids is 1. The molecule has 5 heteroatoms. The number of esters is 1. The molecule has 0 amide bonds. The molecule has 58 valence electrons. The van der Waals surface area contributed by atoms with Gasteiger partial charge in [0.05, 0.1) is 0 Å². The lowest BCUT2D eigenvalue weighted by Crippen LogP contribution is -2.13. The highest BCUT2D eigenvalue weighted by Crippen LogP contribution is 2.27. The SMILES string of the molecule is C/C=C/C(=O)OC(Cl)(Cl)Cl. The lowest BCUT2D eigenvalue weighted by Gasteiger charge is -2.08. The summed E-state index contributed by atoms with van der Waals surface area (Å²) in [5.41, 5.74) is 0. The van der Waals surface area contributed by atoms with Gasteiger partial charge in [-0.05, 0) is 41.7 Å². The van der Waals surface area contributed by atoms with Crippen LogP contribution in [0.4, 0.5) is 0 Å². The molecule has 10 heavy (non-hydrogen) atoms. The van der Waals surface area contributed by atoms with Crippen LogP contribution in [0.25, 0.3) is 0 Å². The van der Waals surface area contributed by atoms with Crippen LogP contribution in [0.2, 0.25) is 0 Å². The number of hydrogen-bond acceptors (Lipinski definition) is 2. The van der Waals surface area contributed by atoms with E-state index in [1.54, 1.807) is 6.92 Å². The predicted molar refractivity (Wildman–Crippen MR) is 41.2 cm³/mol. The lowest BCUT2D eigenvalue weighted by atomic mass is 10.5. The first kappa shape index (κ1) is 10.1. The van der Waals surface area contributed by atoms with Gasteiger partial charge in [-0.1, -0.05) is 6.08 Å².